The summed E-state index contributed by atoms with van der Waals surface area (Å²) in [4.78, 5) is 24.9. The number of carbonyl (C=O) groups excluding carboxylic acids is 2. The summed E-state index contributed by atoms with van der Waals surface area (Å²) in [7, 11) is 0. The summed E-state index contributed by atoms with van der Waals surface area (Å²) in [5.41, 5.74) is 2.80. The molecule has 0 aromatic heterocycles. The number of carbonyl (C=O) groups is 2. The summed E-state index contributed by atoms with van der Waals surface area (Å²) >= 11 is 6.01. The van der Waals surface area contributed by atoms with Crippen molar-refractivity contribution in [3.05, 3.63) is 57.9 Å². The summed E-state index contributed by atoms with van der Waals surface area (Å²) in [6.45, 7) is 21.4. The summed E-state index contributed by atoms with van der Waals surface area (Å²) in [6, 6.07) is 3.11. The van der Waals surface area contributed by atoms with Crippen LogP contribution in [0.3, 0.4) is 0 Å². The first-order valence-corrected chi connectivity index (χ1v) is 50.7. The highest BCUT2D eigenvalue weighted by Crippen LogP contribution is 2.73. The number of aliphatic hydroxyl groups is 14. The first kappa shape index (κ1) is 100. The summed E-state index contributed by atoms with van der Waals surface area (Å²) in [6.07, 6.45) is -18.3. The Morgan fingerprint density at radius 3 is 1.25 bits per heavy atom. The van der Waals surface area contributed by atoms with E-state index in [1.165, 1.54) is 25.0 Å². The fourth-order valence-electron chi connectivity index (χ4n) is 29.1. The van der Waals surface area contributed by atoms with Gasteiger partial charge in [-0.05, 0) is 228 Å². The molecule has 19 aliphatic rings. The molecule has 0 bridgehead atoms. The molecular formula is C99H146ClFO34. The molecule has 50 atom stereocenters. The Balaban J connectivity index is 0.000000174. The van der Waals surface area contributed by atoms with Gasteiger partial charge in [-0.1, -0.05) is 90.3 Å². The second kappa shape index (κ2) is 38.9. The number of esters is 2. The first-order valence-electron chi connectivity index (χ1n) is 50.3. The average molecular weight is 1930 g/mol. The predicted molar refractivity (Wildman–Crippen MR) is 468 cm³/mol. The fraction of sp³-hybridized carbons (Fsp3) is 0.879. The van der Waals surface area contributed by atoms with E-state index in [0.717, 1.165) is 134 Å². The van der Waals surface area contributed by atoms with E-state index in [4.69, 9.17) is 96.9 Å². The molecule has 7 saturated carbocycles. The van der Waals surface area contributed by atoms with Gasteiger partial charge >= 0.3 is 11.9 Å². The number of hydrogen-bond acceptors (Lipinski definition) is 34. The molecule has 1 aromatic carbocycles. The molecule has 10 heterocycles. The summed E-state index contributed by atoms with van der Waals surface area (Å²) in [5, 5.41) is 153. The maximum atomic E-state index is 13.6. The Morgan fingerprint density at radius 1 is 0.437 bits per heavy atom. The smallest absolute Gasteiger partial charge is 0.339 e. The fourth-order valence-corrected chi connectivity index (χ4v) is 29.4. The van der Waals surface area contributed by atoms with Crippen LogP contribution in [0.25, 0.3) is 0 Å². The number of fused-ring (bicyclic) bond motifs is 14. The van der Waals surface area contributed by atoms with Crippen molar-refractivity contribution in [2.75, 3.05) is 39.6 Å². The molecule has 17 fully saturated rings. The Hall–Kier alpha value is -3.34. The molecule has 14 unspecified atom stereocenters. The van der Waals surface area contributed by atoms with Crippen molar-refractivity contribution in [2.24, 2.45) is 98.6 Å². The number of ether oxygens (including phenoxy) is 18. The van der Waals surface area contributed by atoms with Gasteiger partial charge in [-0.25, -0.2) is 9.18 Å². The molecule has 0 radical (unpaired) electrons. The molecule has 20 rings (SSSR count). The minimum Gasteiger partial charge on any atom is -0.463 e. The number of aliphatic hydroxyl groups excluding tert-OH is 14. The normalized spacial score (nSPS) is 53.1. The van der Waals surface area contributed by atoms with Crippen molar-refractivity contribution in [1.82, 2.24) is 0 Å². The van der Waals surface area contributed by atoms with Crippen molar-refractivity contribution in [2.45, 2.75) is 406 Å². The van der Waals surface area contributed by atoms with Crippen molar-refractivity contribution < 1.29 is 171 Å². The molecule has 10 saturated heterocycles. The summed E-state index contributed by atoms with van der Waals surface area (Å²) < 4.78 is 125. The van der Waals surface area contributed by atoms with E-state index in [2.05, 4.69) is 67.5 Å². The van der Waals surface area contributed by atoms with E-state index in [-0.39, 0.29) is 63.1 Å². The van der Waals surface area contributed by atoms with Gasteiger partial charge in [0, 0.05) is 24.7 Å². The molecule has 34 nitrogen and oxygen atoms in total. The molecule has 9 aliphatic carbocycles. The van der Waals surface area contributed by atoms with Gasteiger partial charge in [0.25, 0.3) is 0 Å². The second-order valence-corrected chi connectivity index (χ2v) is 45.3. The highest BCUT2D eigenvalue weighted by molar-refractivity contribution is 6.33. The van der Waals surface area contributed by atoms with Crippen LogP contribution in [0, 0.1) is 104 Å². The second-order valence-electron chi connectivity index (χ2n) is 44.9. The van der Waals surface area contributed by atoms with Gasteiger partial charge in [0.1, 0.15) is 141 Å². The predicted octanol–water partition coefficient (Wildman–Crippen LogP) is 5.32. The van der Waals surface area contributed by atoms with E-state index >= 15 is 0 Å². The Kier molecular flexibility index (Phi) is 28.9. The van der Waals surface area contributed by atoms with Crippen molar-refractivity contribution in [3.63, 3.8) is 0 Å². The third-order valence-corrected chi connectivity index (χ3v) is 37.5. The minimum atomic E-state index is -1.76. The highest BCUT2D eigenvalue weighted by Gasteiger charge is 2.72. The molecule has 10 aliphatic heterocycles. The van der Waals surface area contributed by atoms with Crippen LogP contribution in [0.5, 0.6) is 0 Å². The quantitative estimate of drug-likeness (QED) is 0.0580. The topological polar surface area (TPSA) is 484 Å². The van der Waals surface area contributed by atoms with Crippen LogP contribution in [-0.2, 0) is 90.1 Å². The van der Waals surface area contributed by atoms with Crippen LogP contribution in [-0.4, -0.2) is 331 Å². The van der Waals surface area contributed by atoms with E-state index < -0.39 is 227 Å². The van der Waals surface area contributed by atoms with Gasteiger partial charge in [-0.3, -0.25) is 4.79 Å². The van der Waals surface area contributed by atoms with Crippen molar-refractivity contribution >= 4 is 23.5 Å². The van der Waals surface area contributed by atoms with Gasteiger partial charge < -0.3 is 157 Å². The number of halogens is 2. The highest BCUT2D eigenvalue weighted by atomic mass is 35.5. The molecule has 135 heavy (non-hydrogen) atoms. The van der Waals surface area contributed by atoms with E-state index in [1.807, 2.05) is 0 Å². The lowest BCUT2D eigenvalue weighted by Gasteiger charge is -2.58. The van der Waals surface area contributed by atoms with Crippen molar-refractivity contribution in [1.29, 1.82) is 0 Å². The van der Waals surface area contributed by atoms with Crippen LogP contribution < -0.4 is 0 Å². The lowest BCUT2D eigenvalue weighted by atomic mass is 9.47. The number of rotatable bonds is 20. The third kappa shape index (κ3) is 18.0. The van der Waals surface area contributed by atoms with Crippen LogP contribution >= 0.6 is 11.6 Å². The Morgan fingerprint density at radius 2 is 0.844 bits per heavy atom. The molecule has 2 spiro atoms. The molecule has 1 aromatic rings. The Labute approximate surface area is 792 Å². The zero-order valence-corrected chi connectivity index (χ0v) is 79.7. The monoisotopic (exact) mass is 1930 g/mol. The van der Waals surface area contributed by atoms with Gasteiger partial charge in [0.2, 0.25) is 0 Å². The van der Waals surface area contributed by atoms with Crippen LogP contribution in [0.4, 0.5) is 4.39 Å². The van der Waals surface area contributed by atoms with Crippen LogP contribution in [0.2, 0.25) is 5.02 Å². The maximum absolute atomic E-state index is 13.6. The molecule has 0 amide bonds. The van der Waals surface area contributed by atoms with Gasteiger partial charge in [-0.15, -0.1) is 0 Å². The molecule has 14 N–H and O–H groups in total. The van der Waals surface area contributed by atoms with Crippen LogP contribution in [0.15, 0.2) is 41.5 Å². The van der Waals surface area contributed by atoms with Gasteiger partial charge in [0.15, 0.2) is 49.3 Å². The Bertz CT molecular complexity index is 4380. The zero-order chi connectivity index (χ0) is 95.7. The summed E-state index contributed by atoms with van der Waals surface area (Å²) in [5.74, 6) is 2.86. The maximum Gasteiger partial charge on any atom is 0.339 e. The lowest BCUT2D eigenvalue weighted by Crippen LogP contribution is -2.65. The van der Waals surface area contributed by atoms with E-state index in [0.29, 0.717) is 96.7 Å². The number of benzene rings is 1. The van der Waals surface area contributed by atoms with E-state index in [9.17, 15) is 85.5 Å². The van der Waals surface area contributed by atoms with Gasteiger partial charge in [-0.2, -0.15) is 0 Å². The van der Waals surface area contributed by atoms with E-state index in [1.54, 1.807) is 0 Å². The largest absolute Gasteiger partial charge is 0.463 e. The molecule has 760 valence electrons. The zero-order valence-electron chi connectivity index (χ0n) is 78.9. The SMILES string of the molecule is C[C@@H]1CC[C@@]2(OC1)OC1CC3C4CC=C5C[C@@H](O[C@@H]6O[C@H](CO)[C@@H](OC7O[C@@H](COC(=O)C8CC8)[C@H](O)[C@H]7O)[C@H](O)[C@H]6OC6O[C@@H](C)[C@H](O)[C@@H](O)[C@H]6O)CC[C@]5(C)C4CC[C@]3(C)C1[C@@H]2C.C[C@@H]1CC[C@@]2(OC1)OC1CC3C4CC=C5C[C@@H](O[C@@H]6O[C@H](CO)[C@@H](OC7O[C@@H](COC(=O)c8ccc(F)cc8Cl)[C@H](O)[C@H]7O)[C@H](O)[C@H]6OC6O[C@@H](C)[C@H](O)[C@@H](O)[C@H]6O)CC[C@]5(C)C4CC[C@]3(C)C1[C@@H]2C. The number of allylic oxidation sites excluding steroid dienone is 2. The number of hydrogen-bond donors (Lipinski definition) is 14. The van der Waals surface area contributed by atoms with Gasteiger partial charge in [0.05, 0.1) is 79.6 Å². The minimum absolute atomic E-state index is 0.0263. The van der Waals surface area contributed by atoms with Crippen molar-refractivity contribution in [3.8, 4) is 0 Å². The first-order chi connectivity index (χ1) is 64.2. The molecular weight excluding hydrogens is 1790 g/mol. The lowest BCUT2D eigenvalue weighted by molar-refractivity contribution is -0.380. The van der Waals surface area contributed by atoms with Crippen LogP contribution in [0.1, 0.15) is 208 Å². The standard InChI is InChI=1S/C51H72ClFO17.C48H74O17/c1-22-10-15-51(63-20-22)23(2)36-33(70-51)18-31-28-8-6-25-16-27(11-13-49(25,4)30(28)12-14-50(31,36)5)65-48-44(69-46-41(59)39(57)37(55)24(3)64-46)42(60)43(34(19-54)66-48)68-47-40(58)38(56)35(67-47)21-62-45(61)29-9-7-26(53)17-32(29)52;1-21-10-15-48(58-19-21)22(2)33-30(65-48)17-29-27-9-8-25-16-26(11-13-46(25,4)28(27)12-14-47(29,33)5)60-45-41(64-43-38(54)36(52)34(50)23(3)59-43)39(55)40(31(18-49)61-45)63-44-37(53)35(51)32(62-44)20-57-42(56)24-6-7-24/h6-7,9,17,22-24,27-28,30-31,33-44,46-48,54-60H,8,10-16,18-21H2,1-5H3;8,21-24,26-41,43-45,49-55H,6-7,9-20H2,1-5H3/t22-,23+,24+,27+,28?,30?,31?,33?,34-,35+,36?,37+,38+,39-,40-,41-,42+,43-,44-,46?,47?,48-,49+,50+,51-;21-,22+,23+,26+,27?,28?,29?,30?,31-,32+,33?,34+,35+,36-,37-,38-,39+,40-,41-,43?,44?,45-,46+,47+,48-/m11/s1. The molecule has 36 heteroatoms. The third-order valence-electron chi connectivity index (χ3n) is 37.1. The average Bonchev–Trinajstić information content (AvgIpc) is 1.55.